The van der Waals surface area contributed by atoms with Gasteiger partial charge >= 0.3 is 172 Å². The average Bonchev–Trinajstić information content (AvgIpc) is 3.13. The Labute approximate surface area is 484 Å². The number of carbonyl (C=O) groups excluding carboxylic acids is 1. The van der Waals surface area contributed by atoms with E-state index in [1.54, 1.807) is 0 Å². The summed E-state index contributed by atoms with van der Waals surface area (Å²) in [5.41, 5.74) is -1.81. The number of carboxylic acids is 3. The second-order valence-corrected chi connectivity index (χ2v) is 20.6. The van der Waals surface area contributed by atoms with Crippen LogP contribution >= 0.6 is 0 Å². The van der Waals surface area contributed by atoms with Gasteiger partial charge in [0.1, 0.15) is 36.6 Å². The summed E-state index contributed by atoms with van der Waals surface area (Å²) >= 11 is 0. The van der Waals surface area contributed by atoms with Gasteiger partial charge in [-0.25, -0.2) is 9.59 Å². The summed E-state index contributed by atoms with van der Waals surface area (Å²) in [6, 6.07) is 0. The molecule has 2 heterocycles. The average molecular weight is 943 g/mol. The van der Waals surface area contributed by atoms with E-state index >= 15 is 0 Å². The molecule has 5 aliphatic carbocycles. The van der Waals surface area contributed by atoms with Crippen molar-refractivity contribution in [2.75, 3.05) is 0 Å². The summed E-state index contributed by atoms with van der Waals surface area (Å²) in [5, 5.41) is 83.0. The third-order valence-corrected chi connectivity index (χ3v) is 17.2. The van der Waals surface area contributed by atoms with E-state index in [1.165, 1.54) is 0 Å². The van der Waals surface area contributed by atoms with Crippen molar-refractivity contribution in [3.63, 3.8) is 0 Å². The molecule has 7 aliphatic rings. The van der Waals surface area contributed by atoms with Gasteiger partial charge in [-0.3, -0.25) is 9.59 Å². The molecule has 4 saturated carbocycles. The Balaban J connectivity index is 0.00000273. The molecule has 0 aromatic rings. The molecule has 0 aromatic carbocycles. The first-order valence-corrected chi connectivity index (χ1v) is 20.7. The van der Waals surface area contributed by atoms with Crippen LogP contribution in [0.3, 0.4) is 0 Å². The summed E-state index contributed by atoms with van der Waals surface area (Å²) in [4.78, 5) is 51.3. The van der Waals surface area contributed by atoms with Gasteiger partial charge in [-0.05, 0) is 110 Å². The van der Waals surface area contributed by atoms with Gasteiger partial charge in [0.25, 0.3) is 0 Å². The van der Waals surface area contributed by atoms with Gasteiger partial charge in [0.05, 0.1) is 11.5 Å². The van der Waals surface area contributed by atoms with Crippen molar-refractivity contribution in [1.82, 2.24) is 0 Å². The first kappa shape index (κ1) is 56.0. The second kappa shape index (κ2) is 19.6. The zero-order valence-corrected chi connectivity index (χ0v) is 34.4. The first-order valence-electron chi connectivity index (χ1n) is 20.7. The van der Waals surface area contributed by atoms with Gasteiger partial charge in [0.15, 0.2) is 30.6 Å². The van der Waals surface area contributed by atoms with Crippen molar-refractivity contribution in [1.29, 1.82) is 0 Å². The summed E-state index contributed by atoms with van der Waals surface area (Å²) in [5.74, 6) is -4.47. The zero-order valence-electron chi connectivity index (χ0n) is 34.4. The molecular formula is C42H65K3O16. The Morgan fingerprint density at radius 2 is 1.23 bits per heavy atom. The van der Waals surface area contributed by atoms with Gasteiger partial charge < -0.3 is 59.8 Å². The Bertz CT molecular complexity index is 1750. The number of allylic oxidation sites excluding steroid dienone is 2. The number of ketones is 1. The molecule has 7 rings (SSSR count). The predicted octanol–water partition coefficient (Wildman–Crippen LogP) is 0.300. The second-order valence-electron chi connectivity index (χ2n) is 20.6. The van der Waals surface area contributed by atoms with E-state index in [2.05, 4.69) is 27.7 Å². The van der Waals surface area contributed by atoms with Crippen LogP contribution in [0.5, 0.6) is 0 Å². The molecule has 16 nitrogen and oxygen atoms in total. The standard InChI is InChI=1S/C42H62O16.3K.3H/c1-37(2)21-8-11-42(7)31(20(43)16-18-19-17-39(4,36(53)54)13-12-38(19,3)14-15-41(18,42)6)40(21,5)10-9-22(37)55-35-30(26(47)25(46)29(57-35)33(51)52)58-34-27(48)23(44)24(45)28(56-34)32(49)50;;;;;;/h16,19,21-31,34-35,44-48H,8-15,17H2,1-7H3,(H,49,50)(H,51,52)(H,53,54);;;;;;/t19-,21-,22-,23-,24-,25-,26-,27+,28-,29-,30+,31+,34-,35-,38+,39-,40-,41+,42+;;;;;;/m0....../s1. The monoisotopic (exact) mass is 942 g/mol. The predicted molar refractivity (Wildman–Crippen MR) is 221 cm³/mol. The van der Waals surface area contributed by atoms with E-state index in [0.717, 1.165) is 37.7 Å². The van der Waals surface area contributed by atoms with Crippen molar-refractivity contribution in [2.45, 2.75) is 174 Å². The molecule has 2 aliphatic heterocycles. The summed E-state index contributed by atoms with van der Waals surface area (Å²) in [6.07, 6.45) is -12.2. The molecule has 0 aromatic heterocycles. The number of hydrogen-bond donors (Lipinski definition) is 8. The fourth-order valence-corrected chi connectivity index (χ4v) is 13.4. The first-order chi connectivity index (χ1) is 26.8. The molecule has 19 heteroatoms. The third-order valence-electron chi connectivity index (χ3n) is 17.2. The van der Waals surface area contributed by atoms with Crippen molar-refractivity contribution < 1.29 is 79.0 Å². The molecule has 0 spiro atoms. The van der Waals surface area contributed by atoms with Crippen LogP contribution in [-0.4, -0.2) is 286 Å². The molecule has 19 atom stereocenters. The molecule has 61 heavy (non-hydrogen) atoms. The maximum absolute atomic E-state index is 14.8. The van der Waals surface area contributed by atoms with Crippen molar-refractivity contribution in [2.24, 2.45) is 50.2 Å². The Morgan fingerprint density at radius 3 is 1.80 bits per heavy atom. The third kappa shape index (κ3) is 9.06. The number of aliphatic hydroxyl groups excluding tert-OH is 5. The molecule has 0 amide bonds. The molecule has 2 saturated heterocycles. The van der Waals surface area contributed by atoms with E-state index in [4.69, 9.17) is 18.9 Å². The van der Waals surface area contributed by atoms with E-state index in [-0.39, 0.29) is 189 Å². The zero-order chi connectivity index (χ0) is 42.9. The minimum absolute atomic E-state index is 0. The van der Waals surface area contributed by atoms with Gasteiger partial charge in [0.2, 0.25) is 0 Å². The number of hydrogen-bond acceptors (Lipinski definition) is 13. The fourth-order valence-electron chi connectivity index (χ4n) is 13.4. The van der Waals surface area contributed by atoms with E-state index in [0.29, 0.717) is 25.7 Å². The number of fused-ring (bicyclic) bond motifs is 7. The van der Waals surface area contributed by atoms with Crippen LogP contribution in [0.4, 0.5) is 0 Å². The molecule has 8 N–H and O–H groups in total. The van der Waals surface area contributed by atoms with Crippen LogP contribution in [0.15, 0.2) is 11.6 Å². The molecule has 0 bridgehead atoms. The minimum atomic E-state index is -2.05. The van der Waals surface area contributed by atoms with Crippen LogP contribution in [0.2, 0.25) is 0 Å². The van der Waals surface area contributed by atoms with Crippen molar-refractivity contribution in [3.05, 3.63) is 11.6 Å². The molecule has 6 fully saturated rings. The number of ether oxygens (including phenoxy) is 4. The summed E-state index contributed by atoms with van der Waals surface area (Å²) in [6.45, 7) is 14.8. The summed E-state index contributed by atoms with van der Waals surface area (Å²) in [7, 11) is 0. The van der Waals surface area contributed by atoms with E-state index in [9.17, 15) is 60.0 Å². The van der Waals surface area contributed by atoms with Gasteiger partial charge in [0, 0.05) is 5.92 Å². The topological polar surface area (TPSA) is 267 Å². The van der Waals surface area contributed by atoms with Crippen molar-refractivity contribution >= 4 is 178 Å². The Kier molecular flexibility index (Phi) is 18.0. The number of aliphatic hydroxyl groups is 5. The molecule has 0 unspecified atom stereocenters. The van der Waals surface area contributed by atoms with Crippen LogP contribution in [0.25, 0.3) is 0 Å². The number of aliphatic carboxylic acids is 3. The Hall–Kier alpha value is 2.37. The molecule has 332 valence electrons. The van der Waals surface area contributed by atoms with Crippen LogP contribution in [0.1, 0.15) is 106 Å². The van der Waals surface area contributed by atoms with Crippen LogP contribution in [0, 0.1) is 50.2 Å². The van der Waals surface area contributed by atoms with E-state index in [1.807, 2.05) is 26.8 Å². The van der Waals surface area contributed by atoms with E-state index < -0.39 is 107 Å². The van der Waals surface area contributed by atoms with Gasteiger partial charge in [-0.1, -0.05) is 47.1 Å². The maximum atomic E-state index is 14.8. The van der Waals surface area contributed by atoms with Gasteiger partial charge in [-0.2, -0.15) is 0 Å². The normalized spacial score (nSPS) is 50.0. The summed E-state index contributed by atoms with van der Waals surface area (Å²) < 4.78 is 23.4. The van der Waals surface area contributed by atoms with Crippen LogP contribution < -0.4 is 0 Å². The molecular weight excluding hydrogens is 878 g/mol. The fraction of sp³-hybridized carbons (Fsp3) is 0.857. The van der Waals surface area contributed by atoms with Crippen LogP contribution in [-0.2, 0) is 38.1 Å². The van der Waals surface area contributed by atoms with Crippen molar-refractivity contribution in [3.8, 4) is 0 Å². The number of carboxylic acid groups (broad SMARTS) is 3. The number of carbonyl (C=O) groups is 4. The Morgan fingerprint density at radius 1 is 0.672 bits per heavy atom. The quantitative estimate of drug-likeness (QED) is 0.126. The number of rotatable bonds is 7. The SMILES string of the molecule is CC1(C)[C@@H](O[C@H]2O[C@H](C(=O)O)[C@@H](O)[C@H](O)[C@H]2O[C@@H]2O[C@H](C(=O)O)[C@@H](O)[C@H](O)[C@H]2O)CC[C@]2(C)[C@H]3C(=O)C=C4[C@@H]5C[C@@](C)(C(=O)O)CC[C@]5(C)CC[C@@]4(C)[C@]3(C)CC[C@@H]12.[KH].[KH].[KH]. The molecule has 0 radical (unpaired) electrons. The van der Waals surface area contributed by atoms with Gasteiger partial charge in [-0.15, -0.1) is 0 Å².